The van der Waals surface area contributed by atoms with Crippen molar-refractivity contribution in [3.63, 3.8) is 0 Å². The molecule has 0 bridgehead atoms. The first-order chi connectivity index (χ1) is 4.94. The fraction of sp³-hybridized carbons (Fsp3) is 0.600. The smallest absolute Gasteiger partial charge is 0.323 e. The molecule has 0 radical (unpaired) electrons. The number of carbonyl (C=O) groups excluding carboxylic acids is 2. The van der Waals surface area contributed by atoms with Gasteiger partial charge < -0.3 is 15.5 Å². The standard InChI is InChI=1S/C5H8N2O4/c1-5(11)2(8)6-4(10)7-3(5)9/h2,8,11H,1H3,(H2,6,7,9,10)/t2-,5+/m0/s1. The van der Waals surface area contributed by atoms with Gasteiger partial charge in [-0.3, -0.25) is 10.1 Å². The SMILES string of the molecule is C[C@]1(O)C(=O)NC(=O)N[C@H]1O. The Morgan fingerprint density at radius 1 is 1.55 bits per heavy atom. The lowest BCUT2D eigenvalue weighted by Crippen LogP contribution is -2.67. The van der Waals surface area contributed by atoms with E-state index in [2.05, 4.69) is 0 Å². The Balaban J connectivity index is 2.84. The highest BCUT2D eigenvalue weighted by Gasteiger charge is 2.44. The quantitative estimate of drug-likeness (QED) is 0.326. The lowest BCUT2D eigenvalue weighted by atomic mass is 10.0. The minimum absolute atomic E-state index is 0.811. The van der Waals surface area contributed by atoms with Crippen LogP contribution in [0.5, 0.6) is 0 Å². The van der Waals surface area contributed by atoms with Crippen molar-refractivity contribution in [2.24, 2.45) is 0 Å². The molecular formula is C5H8N2O4. The van der Waals surface area contributed by atoms with Gasteiger partial charge in [-0.1, -0.05) is 0 Å². The first kappa shape index (κ1) is 7.96. The summed E-state index contributed by atoms with van der Waals surface area (Å²) in [6.45, 7) is 1.10. The summed E-state index contributed by atoms with van der Waals surface area (Å²) in [6, 6.07) is -0.811. The Bertz CT molecular complexity index is 213. The first-order valence-corrected chi connectivity index (χ1v) is 2.97. The van der Waals surface area contributed by atoms with Gasteiger partial charge in [0.2, 0.25) is 0 Å². The molecule has 6 heteroatoms. The van der Waals surface area contributed by atoms with E-state index in [1.165, 1.54) is 0 Å². The van der Waals surface area contributed by atoms with E-state index in [0.29, 0.717) is 0 Å². The number of amides is 3. The Morgan fingerprint density at radius 2 is 2.09 bits per heavy atom. The number of aliphatic hydroxyl groups is 2. The van der Waals surface area contributed by atoms with Crippen molar-refractivity contribution >= 4 is 11.9 Å². The van der Waals surface area contributed by atoms with Crippen LogP contribution < -0.4 is 10.6 Å². The Labute approximate surface area is 62.2 Å². The molecule has 0 unspecified atom stereocenters. The number of urea groups is 1. The minimum atomic E-state index is -1.95. The monoisotopic (exact) mass is 160 g/mol. The molecule has 3 amide bonds. The van der Waals surface area contributed by atoms with E-state index in [4.69, 9.17) is 10.2 Å². The average Bonchev–Trinajstić information content (AvgIpc) is 1.84. The van der Waals surface area contributed by atoms with E-state index in [0.717, 1.165) is 6.92 Å². The molecule has 0 aliphatic carbocycles. The van der Waals surface area contributed by atoms with Gasteiger partial charge in [0.15, 0.2) is 11.8 Å². The predicted octanol–water partition coefficient (Wildman–Crippen LogP) is -2.10. The summed E-state index contributed by atoms with van der Waals surface area (Å²) in [7, 11) is 0. The number of aliphatic hydroxyl groups excluding tert-OH is 1. The third-order valence-electron chi connectivity index (χ3n) is 1.49. The summed E-state index contributed by atoms with van der Waals surface area (Å²) < 4.78 is 0. The van der Waals surface area contributed by atoms with E-state index in [1.54, 1.807) is 5.32 Å². The average molecular weight is 160 g/mol. The van der Waals surface area contributed by atoms with Crippen LogP contribution >= 0.6 is 0 Å². The zero-order valence-corrected chi connectivity index (χ0v) is 5.79. The van der Waals surface area contributed by atoms with Crippen LogP contribution in [0.15, 0.2) is 0 Å². The van der Waals surface area contributed by atoms with Gasteiger partial charge in [0.1, 0.15) is 0 Å². The third-order valence-corrected chi connectivity index (χ3v) is 1.49. The van der Waals surface area contributed by atoms with Crippen LogP contribution in [0.25, 0.3) is 0 Å². The molecule has 6 nitrogen and oxygen atoms in total. The maximum Gasteiger partial charge on any atom is 0.323 e. The van der Waals surface area contributed by atoms with Gasteiger partial charge in [0, 0.05) is 0 Å². The largest absolute Gasteiger partial charge is 0.376 e. The molecular weight excluding hydrogens is 152 g/mol. The summed E-state index contributed by atoms with van der Waals surface area (Å²) >= 11 is 0. The fourth-order valence-corrected chi connectivity index (χ4v) is 0.655. The van der Waals surface area contributed by atoms with Crippen molar-refractivity contribution in [2.45, 2.75) is 18.8 Å². The van der Waals surface area contributed by atoms with Crippen LogP contribution in [-0.2, 0) is 4.79 Å². The third kappa shape index (κ3) is 1.17. The molecule has 1 heterocycles. The molecule has 2 atom stereocenters. The second-order valence-corrected chi connectivity index (χ2v) is 2.48. The molecule has 0 aromatic heterocycles. The zero-order valence-electron chi connectivity index (χ0n) is 5.79. The fourth-order valence-electron chi connectivity index (χ4n) is 0.655. The van der Waals surface area contributed by atoms with Crippen LogP contribution in [-0.4, -0.2) is 34.0 Å². The lowest BCUT2D eigenvalue weighted by molar-refractivity contribution is -0.153. The molecule has 0 aromatic rings. The van der Waals surface area contributed by atoms with Crippen LogP contribution in [0.4, 0.5) is 4.79 Å². The first-order valence-electron chi connectivity index (χ1n) is 2.97. The number of carbonyl (C=O) groups is 2. The molecule has 1 rings (SSSR count). The number of hydrogen-bond acceptors (Lipinski definition) is 4. The molecule has 1 fully saturated rings. The van der Waals surface area contributed by atoms with Gasteiger partial charge in [-0.05, 0) is 6.92 Å². The number of imide groups is 1. The maximum atomic E-state index is 10.8. The second kappa shape index (κ2) is 2.18. The Hall–Kier alpha value is -1.14. The van der Waals surface area contributed by atoms with Gasteiger partial charge in [0.05, 0.1) is 0 Å². The minimum Gasteiger partial charge on any atom is -0.376 e. The Kier molecular flexibility index (Phi) is 1.57. The summed E-state index contributed by atoms with van der Waals surface area (Å²) in [6.07, 6.45) is -1.55. The van der Waals surface area contributed by atoms with E-state index in [-0.39, 0.29) is 0 Å². The van der Waals surface area contributed by atoms with Gasteiger partial charge in [-0.15, -0.1) is 0 Å². The second-order valence-electron chi connectivity index (χ2n) is 2.48. The predicted molar refractivity (Wildman–Crippen MR) is 33.3 cm³/mol. The molecule has 0 saturated carbocycles. The van der Waals surface area contributed by atoms with E-state index in [9.17, 15) is 9.59 Å². The zero-order chi connectivity index (χ0) is 8.65. The summed E-state index contributed by atoms with van der Waals surface area (Å²) in [4.78, 5) is 21.2. The Morgan fingerprint density at radius 3 is 2.55 bits per heavy atom. The number of hydrogen-bond donors (Lipinski definition) is 4. The van der Waals surface area contributed by atoms with Crippen molar-refractivity contribution in [3.05, 3.63) is 0 Å². The molecule has 1 saturated heterocycles. The van der Waals surface area contributed by atoms with Crippen molar-refractivity contribution < 1.29 is 19.8 Å². The summed E-state index contributed by atoms with van der Waals surface area (Å²) in [5.74, 6) is -0.909. The van der Waals surface area contributed by atoms with Crippen LogP contribution in [0.1, 0.15) is 6.92 Å². The maximum absolute atomic E-state index is 10.8. The van der Waals surface area contributed by atoms with Crippen molar-refractivity contribution in [1.29, 1.82) is 0 Å². The molecule has 62 valence electrons. The number of rotatable bonds is 0. The van der Waals surface area contributed by atoms with E-state index in [1.807, 2.05) is 5.32 Å². The van der Waals surface area contributed by atoms with Gasteiger partial charge in [0.25, 0.3) is 5.91 Å². The molecule has 1 aliphatic rings. The van der Waals surface area contributed by atoms with Crippen molar-refractivity contribution in [3.8, 4) is 0 Å². The van der Waals surface area contributed by atoms with Crippen molar-refractivity contribution in [2.75, 3.05) is 0 Å². The molecule has 0 aromatic carbocycles. The molecule has 4 N–H and O–H groups in total. The summed E-state index contributed by atoms with van der Waals surface area (Å²) in [5.41, 5.74) is -1.95. The number of nitrogens with one attached hydrogen (secondary N) is 2. The molecule has 11 heavy (non-hydrogen) atoms. The highest BCUT2D eigenvalue weighted by Crippen LogP contribution is 2.10. The summed E-state index contributed by atoms with van der Waals surface area (Å²) in [5, 5.41) is 21.8. The van der Waals surface area contributed by atoms with E-state index >= 15 is 0 Å². The van der Waals surface area contributed by atoms with Crippen LogP contribution in [0, 0.1) is 0 Å². The molecule has 1 aliphatic heterocycles. The van der Waals surface area contributed by atoms with Crippen LogP contribution in [0.3, 0.4) is 0 Å². The highest BCUT2D eigenvalue weighted by atomic mass is 16.4. The van der Waals surface area contributed by atoms with Gasteiger partial charge in [-0.25, -0.2) is 4.79 Å². The molecule has 0 spiro atoms. The van der Waals surface area contributed by atoms with Gasteiger partial charge >= 0.3 is 6.03 Å². The topological polar surface area (TPSA) is 98.7 Å². The van der Waals surface area contributed by atoms with Gasteiger partial charge in [-0.2, -0.15) is 0 Å². The lowest BCUT2D eigenvalue weighted by Gasteiger charge is -2.32. The normalized spacial score (nSPS) is 37.9. The van der Waals surface area contributed by atoms with Crippen molar-refractivity contribution in [1.82, 2.24) is 10.6 Å². The van der Waals surface area contributed by atoms with Crippen LogP contribution in [0.2, 0.25) is 0 Å². The van der Waals surface area contributed by atoms with E-state index < -0.39 is 23.8 Å². The highest BCUT2D eigenvalue weighted by molar-refractivity contribution is 6.01.